The summed E-state index contributed by atoms with van der Waals surface area (Å²) in [4.78, 5) is 17.5. The molecule has 0 aliphatic carbocycles. The van der Waals surface area contributed by atoms with Crippen molar-refractivity contribution in [3.8, 4) is 0 Å². The summed E-state index contributed by atoms with van der Waals surface area (Å²) in [6.07, 6.45) is 1.45. The highest BCUT2D eigenvalue weighted by Gasteiger charge is 2.09. The number of fused-ring (bicyclic) bond motifs is 1. The van der Waals surface area contributed by atoms with Gasteiger partial charge < -0.3 is 9.64 Å². The van der Waals surface area contributed by atoms with Gasteiger partial charge >= 0.3 is 5.69 Å². The van der Waals surface area contributed by atoms with E-state index in [2.05, 4.69) is 15.2 Å². The molecule has 0 aliphatic rings. The van der Waals surface area contributed by atoms with Crippen LogP contribution in [0, 0.1) is 0 Å². The maximum absolute atomic E-state index is 11.3. The number of hydrogen-bond donors (Lipinski definition) is 1. The molecule has 2 aromatic heterocycles. The van der Waals surface area contributed by atoms with E-state index in [1.54, 1.807) is 13.2 Å². The maximum Gasteiger partial charge on any atom is 0.348 e. The Labute approximate surface area is 108 Å². The van der Waals surface area contributed by atoms with Gasteiger partial charge in [0.05, 0.1) is 6.61 Å². The van der Waals surface area contributed by atoms with E-state index < -0.39 is 0 Å². The number of H-pyrrole nitrogens is 1. The number of nitrogens with one attached hydrogen (secondary N) is 1. The highest BCUT2D eigenvalue weighted by atomic mass is 35.5. The molecule has 0 aliphatic heterocycles. The molecule has 0 spiro atoms. The predicted octanol–water partition coefficient (Wildman–Crippen LogP) is 0.109. The number of aromatic amines is 1. The highest BCUT2D eigenvalue weighted by molar-refractivity contribution is 6.18. The van der Waals surface area contributed by atoms with Crippen molar-refractivity contribution in [3.63, 3.8) is 0 Å². The minimum Gasteiger partial charge on any atom is -0.383 e. The maximum atomic E-state index is 11.3. The van der Waals surface area contributed by atoms with Crippen LogP contribution in [0.4, 0.5) is 5.82 Å². The molecule has 0 saturated heterocycles. The Morgan fingerprint density at radius 2 is 2.39 bits per heavy atom. The van der Waals surface area contributed by atoms with Gasteiger partial charge in [0, 0.05) is 32.1 Å². The molecule has 0 atom stereocenters. The lowest BCUT2D eigenvalue weighted by Gasteiger charge is -2.21. The summed E-state index contributed by atoms with van der Waals surface area (Å²) in [5.41, 5.74) is 0.229. The van der Waals surface area contributed by atoms with E-state index in [1.807, 2.05) is 4.90 Å². The molecule has 0 amide bonds. The number of aromatic nitrogens is 4. The summed E-state index contributed by atoms with van der Waals surface area (Å²) in [7, 11) is 1.64. The molecule has 0 aromatic carbocycles. The zero-order valence-corrected chi connectivity index (χ0v) is 10.7. The van der Waals surface area contributed by atoms with Crippen LogP contribution in [0.5, 0.6) is 0 Å². The Bertz CT molecular complexity index is 567. The topological polar surface area (TPSA) is 75.5 Å². The van der Waals surface area contributed by atoms with Crippen LogP contribution in [0.25, 0.3) is 5.65 Å². The zero-order valence-electron chi connectivity index (χ0n) is 9.97. The Hall–Kier alpha value is -1.60. The molecule has 98 valence electrons. The van der Waals surface area contributed by atoms with Crippen molar-refractivity contribution >= 4 is 23.1 Å². The zero-order chi connectivity index (χ0) is 13.0. The Balaban J connectivity index is 2.28. The molecule has 7 nitrogen and oxygen atoms in total. The number of rotatable bonds is 6. The lowest BCUT2D eigenvalue weighted by Crippen LogP contribution is -2.30. The molecule has 0 saturated carbocycles. The molecule has 18 heavy (non-hydrogen) atoms. The average molecular weight is 272 g/mol. The second kappa shape index (κ2) is 5.83. The fourth-order valence-electron chi connectivity index (χ4n) is 1.62. The summed E-state index contributed by atoms with van der Waals surface area (Å²) < 4.78 is 6.39. The van der Waals surface area contributed by atoms with Gasteiger partial charge in [-0.2, -0.15) is 5.10 Å². The molecular weight excluding hydrogens is 258 g/mol. The number of halogens is 1. The lowest BCUT2D eigenvalue weighted by atomic mass is 10.4. The average Bonchev–Trinajstić information content (AvgIpc) is 2.76. The van der Waals surface area contributed by atoms with Gasteiger partial charge in [-0.1, -0.05) is 0 Å². The van der Waals surface area contributed by atoms with Gasteiger partial charge in [0.25, 0.3) is 0 Å². The van der Waals surface area contributed by atoms with Crippen LogP contribution >= 0.6 is 11.6 Å². The van der Waals surface area contributed by atoms with Gasteiger partial charge in [0.15, 0.2) is 5.65 Å². The third kappa shape index (κ3) is 2.62. The molecule has 2 aromatic rings. The van der Waals surface area contributed by atoms with Crippen LogP contribution in [-0.4, -0.2) is 52.3 Å². The van der Waals surface area contributed by atoms with E-state index in [1.165, 1.54) is 10.7 Å². The van der Waals surface area contributed by atoms with E-state index in [0.717, 1.165) is 5.82 Å². The second-order valence-corrected chi connectivity index (χ2v) is 4.05. The van der Waals surface area contributed by atoms with Gasteiger partial charge in [-0.15, -0.1) is 11.6 Å². The van der Waals surface area contributed by atoms with Crippen LogP contribution in [0.2, 0.25) is 0 Å². The Morgan fingerprint density at radius 3 is 3.11 bits per heavy atom. The van der Waals surface area contributed by atoms with Gasteiger partial charge in [0.1, 0.15) is 12.1 Å². The monoisotopic (exact) mass is 271 g/mol. The first-order valence-corrected chi connectivity index (χ1v) is 6.02. The normalized spacial score (nSPS) is 11.0. The number of alkyl halides is 1. The quantitative estimate of drug-likeness (QED) is 0.755. The van der Waals surface area contributed by atoms with Crippen molar-refractivity contribution in [2.75, 3.05) is 37.6 Å². The summed E-state index contributed by atoms with van der Waals surface area (Å²) in [5.74, 6) is 1.21. The van der Waals surface area contributed by atoms with Crippen LogP contribution in [-0.2, 0) is 4.74 Å². The summed E-state index contributed by atoms with van der Waals surface area (Å²) in [6, 6.07) is 1.74. The number of ether oxygens (including phenoxy) is 1. The molecule has 1 N–H and O–H groups in total. The minimum atomic E-state index is -0.301. The molecule has 2 rings (SSSR count). The molecule has 2 heterocycles. The number of methoxy groups -OCH3 is 1. The van der Waals surface area contributed by atoms with Gasteiger partial charge in [-0.05, 0) is 0 Å². The third-order valence-corrected chi connectivity index (χ3v) is 2.71. The van der Waals surface area contributed by atoms with E-state index in [-0.39, 0.29) is 5.69 Å². The van der Waals surface area contributed by atoms with Crippen molar-refractivity contribution in [1.82, 2.24) is 19.6 Å². The minimum absolute atomic E-state index is 0.301. The fourth-order valence-corrected chi connectivity index (χ4v) is 1.82. The van der Waals surface area contributed by atoms with Gasteiger partial charge in [0.2, 0.25) is 0 Å². The second-order valence-electron chi connectivity index (χ2n) is 3.67. The van der Waals surface area contributed by atoms with E-state index in [0.29, 0.717) is 31.2 Å². The van der Waals surface area contributed by atoms with Crippen LogP contribution in [0.15, 0.2) is 17.2 Å². The molecule has 8 heteroatoms. The molecule has 0 bridgehead atoms. The van der Waals surface area contributed by atoms with Crippen molar-refractivity contribution < 1.29 is 4.74 Å². The van der Waals surface area contributed by atoms with Crippen LogP contribution in [0.1, 0.15) is 0 Å². The summed E-state index contributed by atoms with van der Waals surface area (Å²) in [6.45, 7) is 1.92. The molecule has 0 unspecified atom stereocenters. The summed E-state index contributed by atoms with van der Waals surface area (Å²) in [5, 5.41) is 6.26. The first-order valence-electron chi connectivity index (χ1n) is 5.49. The molecular formula is C10H14ClN5O2. The largest absolute Gasteiger partial charge is 0.383 e. The van der Waals surface area contributed by atoms with Crippen molar-refractivity contribution in [1.29, 1.82) is 0 Å². The van der Waals surface area contributed by atoms with Gasteiger partial charge in [-0.3, -0.25) is 0 Å². The summed E-state index contributed by atoms with van der Waals surface area (Å²) >= 11 is 5.76. The van der Waals surface area contributed by atoms with Crippen molar-refractivity contribution in [2.24, 2.45) is 0 Å². The predicted molar refractivity (Wildman–Crippen MR) is 68.4 cm³/mol. The Morgan fingerprint density at radius 1 is 1.56 bits per heavy atom. The smallest absolute Gasteiger partial charge is 0.348 e. The van der Waals surface area contributed by atoms with Crippen LogP contribution in [0.3, 0.4) is 0 Å². The van der Waals surface area contributed by atoms with Crippen LogP contribution < -0.4 is 10.6 Å². The number of nitrogens with zero attached hydrogens (tertiary/aromatic N) is 4. The van der Waals surface area contributed by atoms with Gasteiger partial charge in [-0.25, -0.2) is 19.3 Å². The Kier molecular flexibility index (Phi) is 4.16. The van der Waals surface area contributed by atoms with E-state index in [4.69, 9.17) is 16.3 Å². The first-order chi connectivity index (χ1) is 8.76. The molecule has 0 fully saturated rings. The fraction of sp³-hybridized carbons (Fsp3) is 0.500. The first kappa shape index (κ1) is 12.8. The number of hydrogen-bond acceptors (Lipinski definition) is 5. The lowest BCUT2D eigenvalue weighted by molar-refractivity contribution is 0.205. The standard InChI is InChI=1S/C10H14ClN5O2/c1-18-5-4-15(3-2-11)8-6-9-13-14-10(17)16(9)7-12-8/h6-7H,2-5H2,1H3,(H,14,17). The van der Waals surface area contributed by atoms with Crippen molar-refractivity contribution in [3.05, 3.63) is 22.9 Å². The van der Waals surface area contributed by atoms with Crippen molar-refractivity contribution in [2.45, 2.75) is 0 Å². The van der Waals surface area contributed by atoms with E-state index >= 15 is 0 Å². The highest BCUT2D eigenvalue weighted by Crippen LogP contribution is 2.11. The molecule has 0 radical (unpaired) electrons. The number of anilines is 1. The van der Waals surface area contributed by atoms with E-state index in [9.17, 15) is 4.79 Å². The third-order valence-electron chi connectivity index (χ3n) is 2.54. The SMILES string of the molecule is COCCN(CCCl)c1cc2n[nH]c(=O)n2cn1.